The van der Waals surface area contributed by atoms with Gasteiger partial charge in [-0.3, -0.25) is 0 Å². The lowest BCUT2D eigenvalue weighted by Gasteiger charge is -2.17. The van der Waals surface area contributed by atoms with E-state index in [1.54, 1.807) is 11.3 Å². The van der Waals surface area contributed by atoms with Crippen molar-refractivity contribution in [1.82, 2.24) is 4.98 Å². The van der Waals surface area contributed by atoms with Crippen molar-refractivity contribution in [1.29, 1.82) is 0 Å². The van der Waals surface area contributed by atoms with Crippen molar-refractivity contribution in [2.24, 2.45) is 0 Å². The van der Waals surface area contributed by atoms with Crippen molar-refractivity contribution in [3.05, 3.63) is 23.7 Å². The van der Waals surface area contributed by atoms with E-state index in [2.05, 4.69) is 42.3 Å². The molecule has 0 aliphatic carbocycles. The maximum absolute atomic E-state index is 4.30. The van der Waals surface area contributed by atoms with E-state index in [0.717, 1.165) is 5.52 Å². The summed E-state index contributed by atoms with van der Waals surface area (Å²) in [5.41, 5.74) is 4.23. The minimum atomic E-state index is 0.598. The molecule has 1 atom stereocenters. The first-order valence-electron chi connectivity index (χ1n) is 6.43. The van der Waals surface area contributed by atoms with E-state index in [4.69, 9.17) is 0 Å². The number of nitrogens with one attached hydrogen (secondary N) is 1. The quantitative estimate of drug-likeness (QED) is 0.803. The number of rotatable bonds is 6. The summed E-state index contributed by atoms with van der Waals surface area (Å²) in [6.07, 6.45) is 5.01. The molecule has 92 valence electrons. The molecule has 1 heterocycles. The number of fused-ring (bicyclic) bond motifs is 1. The van der Waals surface area contributed by atoms with Crippen molar-refractivity contribution in [2.75, 3.05) is 5.32 Å². The van der Waals surface area contributed by atoms with E-state index in [1.165, 1.54) is 36.1 Å². The van der Waals surface area contributed by atoms with Gasteiger partial charge in [0.2, 0.25) is 0 Å². The summed E-state index contributed by atoms with van der Waals surface area (Å²) in [5, 5.41) is 3.62. The van der Waals surface area contributed by atoms with Gasteiger partial charge in [0.05, 0.1) is 15.7 Å². The third kappa shape index (κ3) is 3.19. The Morgan fingerprint density at radius 1 is 1.35 bits per heavy atom. The Labute approximate surface area is 107 Å². The molecule has 0 spiro atoms. The number of unbranched alkanes of at least 4 members (excludes halogenated alkanes) is 1. The first-order chi connectivity index (χ1) is 8.33. The SMILES string of the molecule is CCCCC(CC)Nc1ccc2ncsc2c1. The average molecular weight is 248 g/mol. The lowest BCUT2D eigenvalue weighted by atomic mass is 10.1. The fourth-order valence-electron chi connectivity index (χ4n) is 2.01. The molecule has 0 radical (unpaired) electrons. The van der Waals surface area contributed by atoms with Crippen LogP contribution in [0.4, 0.5) is 5.69 Å². The predicted octanol–water partition coefficient (Wildman–Crippen LogP) is 4.68. The monoisotopic (exact) mass is 248 g/mol. The van der Waals surface area contributed by atoms with Crippen LogP contribution in [0.15, 0.2) is 23.7 Å². The van der Waals surface area contributed by atoms with Crippen LogP contribution in [-0.4, -0.2) is 11.0 Å². The maximum Gasteiger partial charge on any atom is 0.0813 e. The van der Waals surface area contributed by atoms with Crippen LogP contribution in [0.5, 0.6) is 0 Å². The first-order valence-corrected chi connectivity index (χ1v) is 7.31. The summed E-state index contributed by atoms with van der Waals surface area (Å²) >= 11 is 1.70. The molecule has 0 saturated carbocycles. The highest BCUT2D eigenvalue weighted by Gasteiger charge is 2.06. The minimum Gasteiger partial charge on any atom is -0.382 e. The molecule has 0 aliphatic heterocycles. The molecule has 2 nitrogen and oxygen atoms in total. The molecule has 2 aromatic rings. The molecule has 17 heavy (non-hydrogen) atoms. The summed E-state index contributed by atoms with van der Waals surface area (Å²) in [6.45, 7) is 4.49. The zero-order valence-corrected chi connectivity index (χ0v) is 11.4. The van der Waals surface area contributed by atoms with Crippen molar-refractivity contribution in [2.45, 2.75) is 45.6 Å². The van der Waals surface area contributed by atoms with Crippen LogP contribution in [0, 0.1) is 0 Å². The van der Waals surface area contributed by atoms with Crippen LogP contribution in [0.3, 0.4) is 0 Å². The zero-order valence-electron chi connectivity index (χ0n) is 10.6. The van der Waals surface area contributed by atoms with Gasteiger partial charge in [-0.2, -0.15) is 0 Å². The first kappa shape index (κ1) is 12.4. The molecule has 0 fully saturated rings. The van der Waals surface area contributed by atoms with Gasteiger partial charge in [0.1, 0.15) is 0 Å². The highest BCUT2D eigenvalue weighted by molar-refractivity contribution is 7.16. The second-order valence-electron chi connectivity index (χ2n) is 4.43. The summed E-state index contributed by atoms with van der Waals surface area (Å²) < 4.78 is 1.26. The lowest BCUT2D eigenvalue weighted by Crippen LogP contribution is -2.18. The molecule has 0 aliphatic rings. The maximum atomic E-state index is 4.30. The van der Waals surface area contributed by atoms with E-state index >= 15 is 0 Å². The van der Waals surface area contributed by atoms with Crippen molar-refractivity contribution >= 4 is 27.2 Å². The van der Waals surface area contributed by atoms with Gasteiger partial charge < -0.3 is 5.32 Å². The van der Waals surface area contributed by atoms with E-state index < -0.39 is 0 Å². The smallest absolute Gasteiger partial charge is 0.0813 e. The van der Waals surface area contributed by atoms with Gasteiger partial charge in [0.15, 0.2) is 0 Å². The summed E-state index contributed by atoms with van der Waals surface area (Å²) in [4.78, 5) is 4.30. The Balaban J connectivity index is 2.05. The van der Waals surface area contributed by atoms with Gasteiger partial charge >= 0.3 is 0 Å². The third-order valence-corrected chi connectivity index (χ3v) is 3.89. The molecule has 1 N–H and O–H groups in total. The number of thiazole rings is 1. The number of hydrogen-bond donors (Lipinski definition) is 1. The van der Waals surface area contributed by atoms with Crippen LogP contribution < -0.4 is 5.32 Å². The topological polar surface area (TPSA) is 24.9 Å². The van der Waals surface area contributed by atoms with Crippen LogP contribution in [0.1, 0.15) is 39.5 Å². The van der Waals surface area contributed by atoms with E-state index in [9.17, 15) is 0 Å². The van der Waals surface area contributed by atoms with Gasteiger partial charge in [-0.15, -0.1) is 11.3 Å². The van der Waals surface area contributed by atoms with Gasteiger partial charge in [-0.25, -0.2) is 4.98 Å². The molecule has 1 aromatic carbocycles. The van der Waals surface area contributed by atoms with Gasteiger partial charge in [-0.05, 0) is 31.0 Å². The molecule has 2 rings (SSSR count). The summed E-state index contributed by atoms with van der Waals surface area (Å²) in [7, 11) is 0. The fraction of sp³-hybridized carbons (Fsp3) is 0.500. The van der Waals surface area contributed by atoms with Crippen LogP contribution >= 0.6 is 11.3 Å². The second-order valence-corrected chi connectivity index (χ2v) is 5.31. The number of anilines is 1. The number of aromatic nitrogens is 1. The van der Waals surface area contributed by atoms with Crippen molar-refractivity contribution in [3.63, 3.8) is 0 Å². The average Bonchev–Trinajstić information content (AvgIpc) is 2.81. The largest absolute Gasteiger partial charge is 0.382 e. The van der Waals surface area contributed by atoms with Gasteiger partial charge in [0, 0.05) is 11.7 Å². The molecular weight excluding hydrogens is 228 g/mol. The molecular formula is C14H20N2S. The van der Waals surface area contributed by atoms with Gasteiger partial charge in [-0.1, -0.05) is 26.7 Å². The van der Waals surface area contributed by atoms with Crippen molar-refractivity contribution in [3.8, 4) is 0 Å². The minimum absolute atomic E-state index is 0.598. The van der Waals surface area contributed by atoms with Crippen LogP contribution in [0.2, 0.25) is 0 Å². The predicted molar refractivity (Wildman–Crippen MR) is 76.8 cm³/mol. The Bertz CT molecular complexity index is 464. The van der Waals surface area contributed by atoms with E-state index in [0.29, 0.717) is 6.04 Å². The Hall–Kier alpha value is -1.09. The molecule has 3 heteroatoms. The molecule has 0 bridgehead atoms. The Morgan fingerprint density at radius 2 is 2.24 bits per heavy atom. The molecule has 0 amide bonds. The molecule has 0 saturated heterocycles. The fourth-order valence-corrected chi connectivity index (χ4v) is 2.73. The van der Waals surface area contributed by atoms with E-state index in [-0.39, 0.29) is 0 Å². The van der Waals surface area contributed by atoms with Crippen LogP contribution in [0.25, 0.3) is 10.2 Å². The zero-order chi connectivity index (χ0) is 12.1. The normalized spacial score (nSPS) is 12.8. The number of benzene rings is 1. The number of hydrogen-bond acceptors (Lipinski definition) is 3. The van der Waals surface area contributed by atoms with Crippen molar-refractivity contribution < 1.29 is 0 Å². The van der Waals surface area contributed by atoms with Gasteiger partial charge in [0.25, 0.3) is 0 Å². The lowest BCUT2D eigenvalue weighted by molar-refractivity contribution is 0.593. The Morgan fingerprint density at radius 3 is 3.00 bits per heavy atom. The Kier molecular flexibility index (Phi) is 4.37. The molecule has 1 aromatic heterocycles. The highest BCUT2D eigenvalue weighted by Crippen LogP contribution is 2.23. The highest BCUT2D eigenvalue weighted by atomic mass is 32.1. The summed E-state index contributed by atoms with van der Waals surface area (Å²) in [5.74, 6) is 0. The standard InChI is InChI=1S/C14H20N2S/c1-3-5-6-11(4-2)16-12-7-8-13-14(9-12)17-10-15-13/h7-11,16H,3-6H2,1-2H3. The number of nitrogens with zero attached hydrogens (tertiary/aromatic N) is 1. The van der Waals surface area contributed by atoms with Crippen LogP contribution in [-0.2, 0) is 0 Å². The van der Waals surface area contributed by atoms with E-state index in [1.807, 2.05) is 5.51 Å². The molecule has 1 unspecified atom stereocenters. The third-order valence-electron chi connectivity index (χ3n) is 3.10. The summed E-state index contributed by atoms with van der Waals surface area (Å²) in [6, 6.07) is 7.04. The second kappa shape index (κ2) is 6.01.